The molecule has 0 bridgehead atoms. The lowest BCUT2D eigenvalue weighted by Gasteiger charge is -2.21. The van der Waals surface area contributed by atoms with Gasteiger partial charge in [0, 0.05) is 42.7 Å². The van der Waals surface area contributed by atoms with Crippen LogP contribution >= 0.6 is 0 Å². The summed E-state index contributed by atoms with van der Waals surface area (Å²) in [5, 5.41) is 3.01. The lowest BCUT2D eigenvalue weighted by Crippen LogP contribution is -2.35. The fraction of sp³-hybridized carbons (Fsp3) is 0.286. The first kappa shape index (κ1) is 24.4. The summed E-state index contributed by atoms with van der Waals surface area (Å²) in [6.45, 7) is 0.991. The van der Waals surface area contributed by atoms with E-state index in [1.165, 1.54) is 24.3 Å². The number of ether oxygens (including phenoxy) is 4. The molecular weight excluding hydrogens is 479 g/mol. The Morgan fingerprint density at radius 1 is 0.973 bits per heavy atom. The van der Waals surface area contributed by atoms with Crippen molar-refractivity contribution < 1.29 is 32.9 Å². The summed E-state index contributed by atoms with van der Waals surface area (Å²) in [6, 6.07) is 16.4. The Morgan fingerprint density at radius 3 is 2.51 bits per heavy atom. The van der Waals surface area contributed by atoms with Crippen LogP contribution in [0.4, 0.5) is 4.39 Å². The normalized spacial score (nSPS) is 18.0. The van der Waals surface area contributed by atoms with Crippen LogP contribution in [0.3, 0.4) is 0 Å². The summed E-state index contributed by atoms with van der Waals surface area (Å²) in [4.78, 5) is 28.4. The first-order valence-electron chi connectivity index (χ1n) is 11.9. The first-order valence-corrected chi connectivity index (χ1v) is 11.9. The van der Waals surface area contributed by atoms with Gasteiger partial charge >= 0.3 is 0 Å². The Labute approximate surface area is 213 Å². The number of carbonyl (C=O) groups is 2. The van der Waals surface area contributed by atoms with Gasteiger partial charge in [0.05, 0.1) is 20.1 Å². The number of rotatable bonds is 7. The molecule has 2 aliphatic heterocycles. The number of methoxy groups -OCH3 is 2. The zero-order valence-electron chi connectivity index (χ0n) is 20.5. The largest absolute Gasteiger partial charge is 0.497 e. The second-order valence-electron chi connectivity index (χ2n) is 8.94. The van der Waals surface area contributed by atoms with Crippen LogP contribution in [0, 0.1) is 11.7 Å². The maximum atomic E-state index is 13.5. The van der Waals surface area contributed by atoms with Crippen LogP contribution in [0.25, 0.3) is 0 Å². The number of hydrogen-bond acceptors (Lipinski definition) is 6. The standard InChI is InChI=1S/C28H27FN2O6/c1-34-20-8-9-21(25(12-20)35-2)22-14-31(28(33)18-4-6-19(29)7-5-18)15-23(22)27(32)30-13-17-3-10-24-26(11-17)37-16-36-24/h3-12,22-23H,13-16H2,1-2H3,(H,30,32)/t22-,23+/m1/s1. The van der Waals surface area contributed by atoms with Gasteiger partial charge in [-0.25, -0.2) is 4.39 Å². The van der Waals surface area contributed by atoms with Gasteiger partial charge in [0.25, 0.3) is 5.91 Å². The molecule has 2 atom stereocenters. The van der Waals surface area contributed by atoms with Crippen molar-refractivity contribution in [1.29, 1.82) is 0 Å². The zero-order valence-corrected chi connectivity index (χ0v) is 20.5. The van der Waals surface area contributed by atoms with Crippen molar-refractivity contribution in [3.8, 4) is 23.0 Å². The highest BCUT2D eigenvalue weighted by molar-refractivity contribution is 5.95. The number of nitrogens with one attached hydrogen (secondary N) is 1. The molecule has 0 radical (unpaired) electrons. The van der Waals surface area contributed by atoms with E-state index >= 15 is 0 Å². The van der Waals surface area contributed by atoms with Crippen LogP contribution in [0.5, 0.6) is 23.0 Å². The van der Waals surface area contributed by atoms with Crippen LogP contribution < -0.4 is 24.3 Å². The number of carbonyl (C=O) groups excluding carboxylic acids is 2. The molecule has 3 aromatic carbocycles. The molecule has 2 amide bonds. The van der Waals surface area contributed by atoms with Gasteiger partial charge in [-0.2, -0.15) is 0 Å². The quantitative estimate of drug-likeness (QED) is 0.526. The van der Waals surface area contributed by atoms with Gasteiger partial charge in [-0.1, -0.05) is 12.1 Å². The zero-order chi connectivity index (χ0) is 25.9. The second kappa shape index (κ2) is 10.4. The van der Waals surface area contributed by atoms with Crippen molar-refractivity contribution >= 4 is 11.8 Å². The van der Waals surface area contributed by atoms with Crippen molar-refractivity contribution in [1.82, 2.24) is 10.2 Å². The molecule has 9 heteroatoms. The number of amides is 2. The first-order chi connectivity index (χ1) is 18.0. The number of benzene rings is 3. The lowest BCUT2D eigenvalue weighted by atomic mass is 9.87. The molecule has 0 aliphatic carbocycles. The maximum absolute atomic E-state index is 13.5. The van der Waals surface area contributed by atoms with Gasteiger partial charge in [0.1, 0.15) is 17.3 Å². The predicted octanol–water partition coefficient (Wildman–Crippen LogP) is 3.74. The number of likely N-dealkylation sites (tertiary alicyclic amines) is 1. The van der Waals surface area contributed by atoms with Crippen LogP contribution in [-0.2, 0) is 11.3 Å². The molecule has 1 saturated heterocycles. The smallest absolute Gasteiger partial charge is 0.253 e. The average Bonchev–Trinajstić information content (AvgIpc) is 3.58. The molecule has 0 aromatic heterocycles. The fourth-order valence-corrected chi connectivity index (χ4v) is 4.82. The number of nitrogens with zero attached hydrogens (tertiary/aromatic N) is 1. The summed E-state index contributed by atoms with van der Waals surface area (Å²) in [6.07, 6.45) is 0. The number of fused-ring (bicyclic) bond motifs is 1. The number of hydrogen-bond donors (Lipinski definition) is 1. The van der Waals surface area contributed by atoms with E-state index in [0.29, 0.717) is 41.7 Å². The highest BCUT2D eigenvalue weighted by atomic mass is 19.1. The molecule has 0 spiro atoms. The van der Waals surface area contributed by atoms with Crippen molar-refractivity contribution in [3.63, 3.8) is 0 Å². The molecule has 8 nitrogen and oxygen atoms in total. The van der Waals surface area contributed by atoms with Gasteiger partial charge in [0.15, 0.2) is 11.5 Å². The summed E-state index contributed by atoms with van der Waals surface area (Å²) in [7, 11) is 3.13. The van der Waals surface area contributed by atoms with Crippen LogP contribution in [0.15, 0.2) is 60.7 Å². The third kappa shape index (κ3) is 5.02. The minimum absolute atomic E-state index is 0.177. The minimum Gasteiger partial charge on any atom is -0.497 e. The van der Waals surface area contributed by atoms with Crippen LogP contribution in [-0.4, -0.2) is 50.8 Å². The average molecular weight is 507 g/mol. The molecule has 2 aliphatic rings. The second-order valence-corrected chi connectivity index (χ2v) is 8.94. The molecule has 0 unspecified atom stereocenters. The highest BCUT2D eigenvalue weighted by Crippen LogP contribution is 2.40. The van der Waals surface area contributed by atoms with E-state index in [2.05, 4.69) is 5.32 Å². The Kier molecular flexibility index (Phi) is 6.85. The molecule has 2 heterocycles. The topological polar surface area (TPSA) is 86.3 Å². The van der Waals surface area contributed by atoms with E-state index in [4.69, 9.17) is 18.9 Å². The summed E-state index contributed by atoms with van der Waals surface area (Å²) < 4.78 is 35.1. The Morgan fingerprint density at radius 2 is 1.76 bits per heavy atom. The lowest BCUT2D eigenvalue weighted by molar-refractivity contribution is -0.125. The van der Waals surface area contributed by atoms with Crippen molar-refractivity contribution in [3.05, 3.63) is 83.2 Å². The molecule has 0 saturated carbocycles. The highest BCUT2D eigenvalue weighted by Gasteiger charge is 2.41. The molecule has 192 valence electrons. The molecular formula is C28H27FN2O6. The Hall–Kier alpha value is -4.27. The van der Waals surface area contributed by atoms with Crippen LogP contribution in [0.2, 0.25) is 0 Å². The van der Waals surface area contributed by atoms with Gasteiger partial charge in [-0.05, 0) is 48.0 Å². The summed E-state index contributed by atoms with van der Waals surface area (Å²) in [5.74, 6) is 0.813. The molecule has 5 rings (SSSR count). The SMILES string of the molecule is COc1ccc([C@H]2CN(C(=O)c3ccc(F)cc3)C[C@@H]2C(=O)NCc2ccc3c(c2)OCO3)c(OC)c1. The van der Waals surface area contributed by atoms with E-state index in [-0.39, 0.29) is 31.1 Å². The third-order valence-electron chi connectivity index (χ3n) is 6.78. The Balaban J connectivity index is 1.39. The van der Waals surface area contributed by atoms with Gasteiger partial charge in [0.2, 0.25) is 12.7 Å². The molecule has 37 heavy (non-hydrogen) atoms. The molecule has 3 aromatic rings. The van der Waals surface area contributed by atoms with E-state index in [9.17, 15) is 14.0 Å². The number of halogens is 1. The monoisotopic (exact) mass is 506 g/mol. The third-order valence-corrected chi connectivity index (χ3v) is 6.78. The van der Waals surface area contributed by atoms with Crippen molar-refractivity contribution in [2.75, 3.05) is 34.1 Å². The van der Waals surface area contributed by atoms with Crippen LogP contribution in [0.1, 0.15) is 27.4 Å². The van der Waals surface area contributed by atoms with E-state index in [1.54, 1.807) is 25.2 Å². The minimum atomic E-state index is -0.527. The molecule has 1 fully saturated rings. The van der Waals surface area contributed by atoms with Gasteiger partial charge in [-0.3, -0.25) is 9.59 Å². The van der Waals surface area contributed by atoms with E-state index in [0.717, 1.165) is 11.1 Å². The van der Waals surface area contributed by atoms with Gasteiger partial charge < -0.3 is 29.2 Å². The van der Waals surface area contributed by atoms with E-state index < -0.39 is 11.7 Å². The van der Waals surface area contributed by atoms with Gasteiger partial charge in [-0.15, -0.1) is 0 Å². The summed E-state index contributed by atoms with van der Waals surface area (Å²) in [5.41, 5.74) is 2.04. The van der Waals surface area contributed by atoms with Crippen molar-refractivity contribution in [2.24, 2.45) is 5.92 Å². The predicted molar refractivity (Wildman–Crippen MR) is 132 cm³/mol. The van der Waals surface area contributed by atoms with E-state index in [1.807, 2.05) is 30.3 Å². The Bertz CT molecular complexity index is 1310. The molecule has 1 N–H and O–H groups in total. The summed E-state index contributed by atoms with van der Waals surface area (Å²) >= 11 is 0. The van der Waals surface area contributed by atoms with Crippen molar-refractivity contribution in [2.45, 2.75) is 12.5 Å². The maximum Gasteiger partial charge on any atom is 0.253 e. The fourth-order valence-electron chi connectivity index (χ4n) is 4.82.